The van der Waals surface area contributed by atoms with E-state index in [1.807, 2.05) is 0 Å². The van der Waals surface area contributed by atoms with Crippen LogP contribution in [0.1, 0.15) is 24.3 Å². The van der Waals surface area contributed by atoms with Crippen LogP contribution in [0.15, 0.2) is 49.5 Å². The summed E-state index contributed by atoms with van der Waals surface area (Å²) >= 11 is 2.13. The van der Waals surface area contributed by atoms with Crippen molar-refractivity contribution in [3.8, 4) is 0 Å². The van der Waals surface area contributed by atoms with Crippen molar-refractivity contribution in [1.82, 2.24) is 9.88 Å². The Bertz CT molecular complexity index is 1340. The molecule has 1 fully saturated rings. The zero-order valence-electron chi connectivity index (χ0n) is 18.8. The molecule has 0 unspecified atom stereocenters. The summed E-state index contributed by atoms with van der Waals surface area (Å²) in [5, 5.41) is 30.8. The molecule has 3 heterocycles. The first kappa shape index (κ1) is 27.8. The fourth-order valence-corrected chi connectivity index (χ4v) is 6.72. The standard InChI is InChI=1S/C20H20N4O7S3.Na/c1-8-14-13(9(2)25)18(27)24(14)15(19(28)29)16(8)33-20-23-12(7-32-20)17(26)22-10-4-3-5-11(6-10)34(21,30)31;/h3-9,13-14,25H,1-2H3,(H,22,26)(H,28,29)(H2,21,30,31);/q;+1/p-1/t8-,9-,13-,14-;/m1./s1. The number of aliphatic hydroxyl groups excluding tert-OH is 1. The van der Waals surface area contributed by atoms with E-state index >= 15 is 0 Å². The van der Waals surface area contributed by atoms with Crippen LogP contribution in [0.25, 0.3) is 0 Å². The molecule has 4 atom stereocenters. The molecule has 1 aromatic carbocycles. The van der Waals surface area contributed by atoms with Crippen LogP contribution in [-0.4, -0.2) is 53.3 Å². The molecule has 0 spiro atoms. The number of anilines is 1. The second-order valence-electron chi connectivity index (χ2n) is 7.88. The number of primary sulfonamides is 1. The number of sulfonamides is 1. The van der Waals surface area contributed by atoms with Crippen LogP contribution in [-0.2, 0) is 19.6 Å². The van der Waals surface area contributed by atoms with Gasteiger partial charge in [0.1, 0.15) is 5.69 Å². The number of amides is 2. The van der Waals surface area contributed by atoms with Crippen molar-refractivity contribution in [2.24, 2.45) is 17.0 Å². The monoisotopic (exact) mass is 546 g/mol. The normalized spacial score (nSPS) is 22.2. The van der Waals surface area contributed by atoms with E-state index in [0.717, 1.165) is 28.0 Å². The number of carboxylic acid groups (broad SMARTS) is 1. The van der Waals surface area contributed by atoms with Gasteiger partial charge in [0.05, 0.1) is 34.6 Å². The Hall–Kier alpha value is -1.78. The molecule has 0 saturated carbocycles. The third kappa shape index (κ3) is 5.20. The number of carbonyl (C=O) groups excluding carboxylic acids is 3. The van der Waals surface area contributed by atoms with Crippen molar-refractivity contribution in [3.05, 3.63) is 45.9 Å². The molecule has 0 aliphatic carbocycles. The number of hydrogen-bond acceptors (Lipinski definition) is 10. The molecule has 1 saturated heterocycles. The van der Waals surface area contributed by atoms with Crippen LogP contribution in [0.2, 0.25) is 0 Å². The molecule has 0 radical (unpaired) electrons. The van der Waals surface area contributed by atoms with Gasteiger partial charge in [0.2, 0.25) is 15.9 Å². The fraction of sp³-hybridized carbons (Fsp3) is 0.300. The number of nitrogens with zero attached hydrogens (tertiary/aromatic N) is 2. The Morgan fingerprint density at radius 1 is 1.37 bits per heavy atom. The summed E-state index contributed by atoms with van der Waals surface area (Å²) in [4.78, 5) is 42.4. The molecule has 1 aromatic heterocycles. The largest absolute Gasteiger partial charge is 1.00 e. The number of thioether (sulfide) groups is 1. The molecule has 35 heavy (non-hydrogen) atoms. The van der Waals surface area contributed by atoms with Gasteiger partial charge < -0.3 is 25.2 Å². The van der Waals surface area contributed by atoms with E-state index in [0.29, 0.717) is 9.24 Å². The predicted molar refractivity (Wildman–Crippen MR) is 121 cm³/mol. The summed E-state index contributed by atoms with van der Waals surface area (Å²) in [6, 6.07) is 4.94. The molecular weight excluding hydrogens is 527 g/mol. The van der Waals surface area contributed by atoms with Crippen LogP contribution in [0.4, 0.5) is 5.69 Å². The smallest absolute Gasteiger partial charge is 0.543 e. The maximum absolute atomic E-state index is 12.6. The van der Waals surface area contributed by atoms with E-state index in [2.05, 4.69) is 10.3 Å². The maximum Gasteiger partial charge on any atom is 1.00 e. The van der Waals surface area contributed by atoms with Gasteiger partial charge in [-0.05, 0) is 25.1 Å². The minimum atomic E-state index is -3.94. The van der Waals surface area contributed by atoms with E-state index in [4.69, 9.17) is 5.14 Å². The number of aliphatic hydroxyl groups is 1. The van der Waals surface area contributed by atoms with Crippen molar-refractivity contribution >= 4 is 56.6 Å². The van der Waals surface area contributed by atoms with Crippen LogP contribution in [0.5, 0.6) is 0 Å². The summed E-state index contributed by atoms with van der Waals surface area (Å²) in [5.74, 6) is -3.65. The molecule has 180 valence electrons. The molecule has 0 bridgehead atoms. The Labute approximate surface area is 231 Å². The number of carboxylic acids is 1. The summed E-state index contributed by atoms with van der Waals surface area (Å²) < 4.78 is 23.4. The number of rotatable bonds is 7. The number of aromatic nitrogens is 1. The summed E-state index contributed by atoms with van der Waals surface area (Å²) in [6.07, 6.45) is -0.925. The van der Waals surface area contributed by atoms with Gasteiger partial charge in [0.25, 0.3) is 5.91 Å². The Morgan fingerprint density at radius 3 is 2.66 bits per heavy atom. The molecule has 2 aliphatic heterocycles. The van der Waals surface area contributed by atoms with Gasteiger partial charge in [-0.1, -0.05) is 24.8 Å². The molecular formula is C20H19N4NaO7S3. The number of thiazole rings is 1. The predicted octanol–water partition coefficient (Wildman–Crippen LogP) is -3.04. The number of benzene rings is 1. The fourth-order valence-electron chi connectivity index (χ4n) is 4.10. The SMILES string of the molecule is C[C@@H](O)[C@H]1C(=O)N2C(C(=O)[O-])=C(Sc3nc(C(=O)Nc4cccc(S(N)(=O)=O)c4)cs3)[C@H](C)[C@H]12.[Na+]. The molecule has 15 heteroatoms. The van der Waals surface area contributed by atoms with E-state index in [1.165, 1.54) is 36.6 Å². The summed E-state index contributed by atoms with van der Waals surface area (Å²) in [7, 11) is -3.94. The van der Waals surface area contributed by atoms with E-state index in [-0.39, 0.29) is 57.4 Å². The molecule has 2 aliphatic rings. The summed E-state index contributed by atoms with van der Waals surface area (Å²) in [5.41, 5.74) is -0.00137. The van der Waals surface area contributed by atoms with Crippen molar-refractivity contribution in [3.63, 3.8) is 0 Å². The molecule has 4 rings (SSSR count). The number of hydrogen-bond donors (Lipinski definition) is 3. The average molecular weight is 547 g/mol. The molecule has 4 N–H and O–H groups in total. The first-order valence-electron chi connectivity index (χ1n) is 9.94. The number of β-lactam (4-membered cyclic amide) rings is 1. The minimum Gasteiger partial charge on any atom is -0.543 e. The van der Waals surface area contributed by atoms with Crippen molar-refractivity contribution in [1.29, 1.82) is 0 Å². The first-order valence-corrected chi connectivity index (χ1v) is 13.2. The van der Waals surface area contributed by atoms with Crippen LogP contribution >= 0.6 is 23.1 Å². The number of nitrogens with two attached hydrogens (primary N) is 1. The molecule has 2 aromatic rings. The second kappa shape index (κ2) is 10.3. The van der Waals surface area contributed by atoms with Crippen molar-refractivity contribution in [2.45, 2.75) is 35.2 Å². The maximum atomic E-state index is 12.6. The first-order chi connectivity index (χ1) is 15.9. The Balaban J connectivity index is 0.00000342. The number of fused-ring (bicyclic) bond motifs is 1. The molecule has 2 amide bonds. The van der Waals surface area contributed by atoms with Gasteiger partial charge in [0, 0.05) is 21.9 Å². The van der Waals surface area contributed by atoms with Crippen LogP contribution in [0.3, 0.4) is 0 Å². The zero-order chi connectivity index (χ0) is 24.9. The minimum absolute atomic E-state index is 0. The zero-order valence-corrected chi connectivity index (χ0v) is 23.2. The quantitative estimate of drug-likeness (QED) is 0.240. The van der Waals surface area contributed by atoms with Gasteiger partial charge in [-0.3, -0.25) is 9.59 Å². The second-order valence-corrected chi connectivity index (χ2v) is 11.6. The summed E-state index contributed by atoms with van der Waals surface area (Å²) in [6.45, 7) is 3.25. The number of carbonyl (C=O) groups is 3. The van der Waals surface area contributed by atoms with E-state index < -0.39 is 45.9 Å². The van der Waals surface area contributed by atoms with Gasteiger partial charge in [-0.25, -0.2) is 18.5 Å². The molecule has 11 nitrogen and oxygen atoms in total. The number of aliphatic carboxylic acids is 1. The van der Waals surface area contributed by atoms with Gasteiger partial charge in [-0.2, -0.15) is 0 Å². The van der Waals surface area contributed by atoms with Crippen LogP contribution in [0, 0.1) is 11.8 Å². The van der Waals surface area contributed by atoms with Gasteiger partial charge in [0.15, 0.2) is 4.34 Å². The van der Waals surface area contributed by atoms with Gasteiger partial charge in [-0.15, -0.1) is 11.3 Å². The average Bonchev–Trinajstić information content (AvgIpc) is 3.30. The topological polar surface area (TPSA) is 183 Å². The van der Waals surface area contributed by atoms with Crippen molar-refractivity contribution in [2.75, 3.05) is 5.32 Å². The van der Waals surface area contributed by atoms with E-state index in [1.54, 1.807) is 6.92 Å². The van der Waals surface area contributed by atoms with Crippen LogP contribution < -0.4 is 45.1 Å². The Morgan fingerprint density at radius 2 is 2.06 bits per heavy atom. The third-order valence-corrected chi connectivity index (χ3v) is 8.77. The van der Waals surface area contributed by atoms with E-state index in [9.17, 15) is 33.0 Å². The third-order valence-electron chi connectivity index (χ3n) is 5.64. The number of nitrogens with one attached hydrogen (secondary N) is 1. The Kier molecular flexibility index (Phi) is 8.18. The van der Waals surface area contributed by atoms with Gasteiger partial charge >= 0.3 is 29.6 Å². The van der Waals surface area contributed by atoms with Crippen molar-refractivity contribution < 1.29 is 62.6 Å².